The molecule has 1 fully saturated rings. The molecule has 0 radical (unpaired) electrons. The average Bonchev–Trinajstić information content (AvgIpc) is 2.49. The fraction of sp³-hybridized carbons (Fsp3) is 0.562. The van der Waals surface area contributed by atoms with Crippen LogP contribution >= 0.6 is 0 Å². The lowest BCUT2D eigenvalue weighted by atomic mass is 9.94. The number of piperidine rings is 1. The Bertz CT molecular complexity index is 443. The van der Waals surface area contributed by atoms with Gasteiger partial charge in [-0.1, -0.05) is 12.2 Å². The van der Waals surface area contributed by atoms with Crippen LogP contribution in [0.1, 0.15) is 26.2 Å². The summed E-state index contributed by atoms with van der Waals surface area (Å²) in [6.45, 7) is 5.23. The molecule has 4 nitrogen and oxygen atoms in total. The molecule has 20 heavy (non-hydrogen) atoms. The molecular weight excluding hydrogens is 252 g/mol. The molecule has 0 spiro atoms. The smallest absolute Gasteiger partial charge is 0.338 e. The van der Waals surface area contributed by atoms with Crippen molar-refractivity contribution in [2.24, 2.45) is 5.92 Å². The molecule has 0 aromatic carbocycles. The highest BCUT2D eigenvalue weighted by molar-refractivity contribution is 5.93. The quantitative estimate of drug-likeness (QED) is 0.770. The average molecular weight is 276 g/mol. The SMILES string of the molecule is COC(=O)C1=C(C)/C(=C/NCC2CCNCC2)CC=C1. The van der Waals surface area contributed by atoms with E-state index < -0.39 is 0 Å². The van der Waals surface area contributed by atoms with Crippen LogP contribution in [0.15, 0.2) is 35.1 Å². The summed E-state index contributed by atoms with van der Waals surface area (Å²) in [6, 6.07) is 0. The Balaban J connectivity index is 1.94. The van der Waals surface area contributed by atoms with Crippen LogP contribution in [-0.4, -0.2) is 32.7 Å². The number of nitrogens with one attached hydrogen (secondary N) is 2. The van der Waals surface area contributed by atoms with Crippen molar-refractivity contribution in [1.82, 2.24) is 10.6 Å². The molecule has 0 saturated carbocycles. The van der Waals surface area contributed by atoms with Crippen molar-refractivity contribution < 1.29 is 9.53 Å². The van der Waals surface area contributed by atoms with E-state index in [-0.39, 0.29) is 5.97 Å². The summed E-state index contributed by atoms with van der Waals surface area (Å²) in [4.78, 5) is 11.7. The topological polar surface area (TPSA) is 50.4 Å². The zero-order valence-corrected chi connectivity index (χ0v) is 12.4. The van der Waals surface area contributed by atoms with Crippen LogP contribution < -0.4 is 10.6 Å². The molecule has 0 bridgehead atoms. The zero-order chi connectivity index (χ0) is 14.4. The molecule has 0 aromatic heterocycles. The number of carbonyl (C=O) groups excluding carboxylic acids is 1. The fourth-order valence-corrected chi connectivity index (χ4v) is 2.69. The summed E-state index contributed by atoms with van der Waals surface area (Å²) in [5.41, 5.74) is 2.84. The van der Waals surface area contributed by atoms with Gasteiger partial charge in [0.2, 0.25) is 0 Å². The lowest BCUT2D eigenvalue weighted by Gasteiger charge is -2.23. The van der Waals surface area contributed by atoms with Gasteiger partial charge in [-0.25, -0.2) is 4.79 Å². The van der Waals surface area contributed by atoms with E-state index in [1.165, 1.54) is 25.5 Å². The fourth-order valence-electron chi connectivity index (χ4n) is 2.69. The van der Waals surface area contributed by atoms with E-state index in [4.69, 9.17) is 4.74 Å². The van der Waals surface area contributed by atoms with E-state index in [9.17, 15) is 4.79 Å². The minimum Gasteiger partial charge on any atom is -0.465 e. The maximum absolute atomic E-state index is 11.7. The van der Waals surface area contributed by atoms with E-state index in [1.54, 1.807) is 0 Å². The van der Waals surface area contributed by atoms with E-state index >= 15 is 0 Å². The Kier molecular flexibility index (Phi) is 5.41. The van der Waals surface area contributed by atoms with Gasteiger partial charge in [-0.05, 0) is 56.3 Å². The molecule has 1 aliphatic carbocycles. The number of rotatable bonds is 4. The maximum atomic E-state index is 11.7. The maximum Gasteiger partial charge on any atom is 0.338 e. The Hall–Kier alpha value is -1.55. The van der Waals surface area contributed by atoms with Crippen molar-refractivity contribution in [3.63, 3.8) is 0 Å². The Morgan fingerprint density at radius 1 is 1.50 bits per heavy atom. The van der Waals surface area contributed by atoms with Crippen molar-refractivity contribution in [2.75, 3.05) is 26.7 Å². The van der Waals surface area contributed by atoms with Crippen molar-refractivity contribution in [3.8, 4) is 0 Å². The van der Waals surface area contributed by atoms with Gasteiger partial charge in [0.1, 0.15) is 0 Å². The molecule has 1 heterocycles. The number of hydrogen-bond acceptors (Lipinski definition) is 4. The summed E-state index contributed by atoms with van der Waals surface area (Å²) in [5.74, 6) is 0.485. The van der Waals surface area contributed by atoms with Gasteiger partial charge in [0.15, 0.2) is 0 Å². The zero-order valence-electron chi connectivity index (χ0n) is 12.4. The largest absolute Gasteiger partial charge is 0.465 e. The van der Waals surface area contributed by atoms with E-state index in [1.807, 2.05) is 19.1 Å². The first-order valence-electron chi connectivity index (χ1n) is 7.31. The summed E-state index contributed by atoms with van der Waals surface area (Å²) >= 11 is 0. The summed E-state index contributed by atoms with van der Waals surface area (Å²) in [6.07, 6.45) is 9.26. The second kappa shape index (κ2) is 7.29. The lowest BCUT2D eigenvalue weighted by molar-refractivity contribution is -0.135. The predicted octanol–water partition coefficient (Wildman–Crippen LogP) is 1.91. The number of carbonyl (C=O) groups is 1. The van der Waals surface area contributed by atoms with Gasteiger partial charge in [0, 0.05) is 12.7 Å². The highest BCUT2D eigenvalue weighted by Gasteiger charge is 2.16. The molecule has 1 aliphatic heterocycles. The highest BCUT2D eigenvalue weighted by atomic mass is 16.5. The first-order chi connectivity index (χ1) is 9.72. The van der Waals surface area contributed by atoms with Crippen LogP contribution in [0.2, 0.25) is 0 Å². The molecule has 2 N–H and O–H groups in total. The molecule has 2 rings (SSSR count). The molecule has 110 valence electrons. The van der Waals surface area contributed by atoms with Crippen molar-refractivity contribution in [1.29, 1.82) is 0 Å². The monoisotopic (exact) mass is 276 g/mol. The van der Waals surface area contributed by atoms with Crippen LogP contribution in [0.4, 0.5) is 0 Å². The van der Waals surface area contributed by atoms with Crippen LogP contribution in [-0.2, 0) is 9.53 Å². The minimum absolute atomic E-state index is 0.261. The normalized spacial score (nSPS) is 22.2. The van der Waals surface area contributed by atoms with Crippen molar-refractivity contribution in [3.05, 3.63) is 35.1 Å². The van der Waals surface area contributed by atoms with Crippen molar-refractivity contribution in [2.45, 2.75) is 26.2 Å². The molecule has 0 aromatic rings. The standard InChI is InChI=1S/C16H24N2O2/c1-12-14(4-3-5-15(12)16(19)20-2)11-18-10-13-6-8-17-9-7-13/h3,5,11,13,17-18H,4,6-10H2,1-2H3/b14-11+. The summed E-state index contributed by atoms with van der Waals surface area (Å²) < 4.78 is 4.81. The summed E-state index contributed by atoms with van der Waals surface area (Å²) in [5, 5.41) is 6.80. The number of hydrogen-bond donors (Lipinski definition) is 2. The minimum atomic E-state index is -0.261. The molecule has 1 saturated heterocycles. The van der Waals surface area contributed by atoms with Gasteiger partial charge in [0.05, 0.1) is 12.7 Å². The Morgan fingerprint density at radius 3 is 2.95 bits per heavy atom. The third kappa shape index (κ3) is 3.73. The number of methoxy groups -OCH3 is 1. The Labute approximate surface area is 121 Å². The number of esters is 1. The predicted molar refractivity (Wildman–Crippen MR) is 80.2 cm³/mol. The molecule has 0 unspecified atom stereocenters. The van der Waals surface area contributed by atoms with Crippen molar-refractivity contribution >= 4 is 5.97 Å². The first-order valence-corrected chi connectivity index (χ1v) is 7.31. The van der Waals surface area contributed by atoms with Gasteiger partial charge >= 0.3 is 5.97 Å². The highest BCUT2D eigenvalue weighted by Crippen LogP contribution is 2.24. The molecule has 0 atom stereocenters. The molecule has 4 heteroatoms. The van der Waals surface area contributed by atoms with E-state index in [2.05, 4.69) is 16.8 Å². The summed E-state index contributed by atoms with van der Waals surface area (Å²) in [7, 11) is 1.42. The van der Waals surface area contributed by atoms with Gasteiger partial charge < -0.3 is 15.4 Å². The molecule has 0 amide bonds. The second-order valence-electron chi connectivity index (χ2n) is 5.41. The van der Waals surface area contributed by atoms with Crippen LogP contribution in [0.5, 0.6) is 0 Å². The van der Waals surface area contributed by atoms with Gasteiger partial charge in [0.25, 0.3) is 0 Å². The first kappa shape index (κ1) is 14.9. The van der Waals surface area contributed by atoms with Crippen LogP contribution in [0.25, 0.3) is 0 Å². The van der Waals surface area contributed by atoms with Crippen LogP contribution in [0, 0.1) is 5.92 Å². The molecular formula is C16H24N2O2. The number of allylic oxidation sites excluding steroid dienone is 3. The third-order valence-corrected chi connectivity index (χ3v) is 4.05. The number of ether oxygens (including phenoxy) is 1. The Morgan fingerprint density at radius 2 is 2.25 bits per heavy atom. The lowest BCUT2D eigenvalue weighted by Crippen LogP contribution is -2.32. The van der Waals surface area contributed by atoms with E-state index in [0.29, 0.717) is 5.57 Å². The molecule has 2 aliphatic rings. The van der Waals surface area contributed by atoms with Crippen LogP contribution in [0.3, 0.4) is 0 Å². The van der Waals surface area contributed by atoms with E-state index in [0.717, 1.165) is 37.5 Å². The third-order valence-electron chi connectivity index (χ3n) is 4.05. The second-order valence-corrected chi connectivity index (χ2v) is 5.41. The van der Waals surface area contributed by atoms with Gasteiger partial charge in [-0.15, -0.1) is 0 Å². The van der Waals surface area contributed by atoms with Gasteiger partial charge in [-0.2, -0.15) is 0 Å². The van der Waals surface area contributed by atoms with Gasteiger partial charge in [-0.3, -0.25) is 0 Å².